The molecule has 9 heteroatoms. The minimum atomic E-state index is -3.57. The van der Waals surface area contributed by atoms with E-state index in [2.05, 4.69) is 5.32 Å². The van der Waals surface area contributed by atoms with Gasteiger partial charge < -0.3 is 15.0 Å². The summed E-state index contributed by atoms with van der Waals surface area (Å²) in [6.45, 7) is 3.55. The Morgan fingerprint density at radius 3 is 2.41 bits per heavy atom. The zero-order chi connectivity index (χ0) is 21.0. The number of hydrogen-bond acceptors (Lipinski definition) is 4. The number of quaternary nitrogens is 1. The van der Waals surface area contributed by atoms with Gasteiger partial charge in [0.1, 0.15) is 11.6 Å². The van der Waals surface area contributed by atoms with Crippen LogP contribution in [0, 0.1) is 12.7 Å². The molecular weight excluding hydrogens is 397 g/mol. The van der Waals surface area contributed by atoms with Crippen molar-refractivity contribution in [2.24, 2.45) is 0 Å². The summed E-state index contributed by atoms with van der Waals surface area (Å²) in [6.07, 6.45) is 0. The summed E-state index contributed by atoms with van der Waals surface area (Å²) in [5.41, 5.74) is 0.932. The first-order valence-corrected chi connectivity index (χ1v) is 10.8. The zero-order valence-corrected chi connectivity index (χ0v) is 17.3. The van der Waals surface area contributed by atoms with E-state index >= 15 is 0 Å². The lowest BCUT2D eigenvalue weighted by atomic mass is 10.2. The van der Waals surface area contributed by atoms with Gasteiger partial charge in [-0.15, -0.1) is 0 Å². The summed E-state index contributed by atoms with van der Waals surface area (Å²) in [6, 6.07) is 10.9. The van der Waals surface area contributed by atoms with Crippen LogP contribution in [-0.4, -0.2) is 58.5 Å². The highest BCUT2D eigenvalue weighted by Crippen LogP contribution is 2.19. The molecule has 0 atom stereocenters. The van der Waals surface area contributed by atoms with Crippen LogP contribution in [0.5, 0.6) is 5.75 Å². The number of rotatable bonds is 6. The van der Waals surface area contributed by atoms with Gasteiger partial charge in [0, 0.05) is 5.69 Å². The molecule has 2 aromatic carbocycles. The third kappa shape index (κ3) is 5.11. The molecule has 7 nitrogen and oxygen atoms in total. The van der Waals surface area contributed by atoms with Crippen LogP contribution >= 0.6 is 0 Å². The number of aryl methyl sites for hydroxylation is 1. The molecular formula is C20H25FN3O4S+. The second-order valence-corrected chi connectivity index (χ2v) is 8.96. The maximum absolute atomic E-state index is 13.6. The van der Waals surface area contributed by atoms with Crippen LogP contribution in [-0.2, 0) is 14.8 Å². The van der Waals surface area contributed by atoms with Crippen LogP contribution in [0.3, 0.4) is 0 Å². The molecule has 0 bridgehead atoms. The fourth-order valence-corrected chi connectivity index (χ4v) is 4.66. The van der Waals surface area contributed by atoms with Crippen LogP contribution in [0.25, 0.3) is 0 Å². The summed E-state index contributed by atoms with van der Waals surface area (Å²) in [5, 5.41) is 2.69. The van der Waals surface area contributed by atoms with E-state index in [1.807, 2.05) is 0 Å². The van der Waals surface area contributed by atoms with Gasteiger partial charge in [-0.25, -0.2) is 12.8 Å². The Bertz CT molecular complexity index is 972. The maximum atomic E-state index is 13.6. The normalized spacial score (nSPS) is 15.8. The van der Waals surface area contributed by atoms with Gasteiger partial charge >= 0.3 is 0 Å². The molecule has 156 valence electrons. The monoisotopic (exact) mass is 422 g/mol. The smallest absolute Gasteiger partial charge is 0.279 e. The second kappa shape index (κ2) is 8.89. The number of sulfonamides is 1. The highest BCUT2D eigenvalue weighted by atomic mass is 32.2. The third-order valence-electron chi connectivity index (χ3n) is 4.99. The lowest BCUT2D eigenvalue weighted by Crippen LogP contribution is -3.15. The van der Waals surface area contributed by atoms with Crippen molar-refractivity contribution in [1.29, 1.82) is 0 Å². The van der Waals surface area contributed by atoms with Gasteiger partial charge in [-0.3, -0.25) is 4.79 Å². The first-order chi connectivity index (χ1) is 13.8. The topological polar surface area (TPSA) is 80.2 Å². The van der Waals surface area contributed by atoms with Crippen LogP contribution in [0.4, 0.5) is 10.1 Å². The summed E-state index contributed by atoms with van der Waals surface area (Å²) in [7, 11) is -2.05. The number of anilines is 1. The first-order valence-electron chi connectivity index (χ1n) is 9.33. The standard InChI is InChI=1S/C20H24FN3O4S/c1-15-3-4-16(13-19(15)21)22-20(25)14-23-9-11-24(12-10-23)29(26,27)18-7-5-17(28-2)6-8-18/h3-8,13H,9-12,14H2,1-2H3,(H,22,25)/p+1. The van der Waals surface area contributed by atoms with Crippen molar-refractivity contribution in [3.05, 3.63) is 53.8 Å². The summed E-state index contributed by atoms with van der Waals surface area (Å²) >= 11 is 0. The van der Waals surface area contributed by atoms with E-state index in [-0.39, 0.29) is 23.2 Å². The number of carbonyl (C=O) groups excluding carboxylic acids is 1. The number of amides is 1. The molecule has 1 aliphatic rings. The van der Waals surface area contributed by atoms with Crippen LogP contribution in [0.15, 0.2) is 47.4 Å². The minimum absolute atomic E-state index is 0.200. The quantitative estimate of drug-likeness (QED) is 0.717. The van der Waals surface area contributed by atoms with E-state index in [0.29, 0.717) is 43.2 Å². The van der Waals surface area contributed by atoms with Crippen molar-refractivity contribution in [1.82, 2.24) is 4.31 Å². The van der Waals surface area contributed by atoms with E-state index in [1.54, 1.807) is 31.2 Å². The summed E-state index contributed by atoms with van der Waals surface area (Å²) < 4.78 is 45.7. The van der Waals surface area contributed by atoms with Crippen LogP contribution < -0.4 is 15.0 Å². The molecule has 0 radical (unpaired) electrons. The number of methoxy groups -OCH3 is 1. The highest BCUT2D eigenvalue weighted by molar-refractivity contribution is 7.89. The van der Waals surface area contributed by atoms with E-state index in [0.717, 1.165) is 4.90 Å². The molecule has 2 aromatic rings. The molecule has 1 heterocycles. The molecule has 0 aliphatic carbocycles. The van der Waals surface area contributed by atoms with E-state index < -0.39 is 10.0 Å². The molecule has 1 aliphatic heterocycles. The van der Waals surface area contributed by atoms with Gasteiger partial charge in [0.05, 0.1) is 38.2 Å². The van der Waals surface area contributed by atoms with Gasteiger partial charge in [-0.05, 0) is 48.9 Å². The fraction of sp³-hybridized carbons (Fsp3) is 0.350. The first kappa shape index (κ1) is 21.2. The van der Waals surface area contributed by atoms with E-state index in [4.69, 9.17) is 4.74 Å². The largest absolute Gasteiger partial charge is 0.497 e. The van der Waals surface area contributed by atoms with E-state index in [1.165, 1.54) is 29.6 Å². The molecule has 1 saturated heterocycles. The number of hydrogen-bond donors (Lipinski definition) is 2. The molecule has 1 amide bonds. The van der Waals surface area contributed by atoms with Crippen molar-refractivity contribution in [2.75, 3.05) is 45.2 Å². The molecule has 1 fully saturated rings. The molecule has 0 unspecified atom stereocenters. The number of carbonyl (C=O) groups is 1. The maximum Gasteiger partial charge on any atom is 0.279 e. The average molecular weight is 423 g/mol. The van der Waals surface area contributed by atoms with E-state index in [9.17, 15) is 17.6 Å². The Morgan fingerprint density at radius 1 is 1.17 bits per heavy atom. The fourth-order valence-electron chi connectivity index (χ4n) is 3.22. The zero-order valence-electron chi connectivity index (χ0n) is 16.4. The van der Waals surface area contributed by atoms with Crippen LogP contribution in [0.1, 0.15) is 5.56 Å². The van der Waals surface area contributed by atoms with Crippen LogP contribution in [0.2, 0.25) is 0 Å². The van der Waals surface area contributed by atoms with Crippen molar-refractivity contribution < 1.29 is 27.2 Å². The van der Waals surface area contributed by atoms with Crippen molar-refractivity contribution in [3.8, 4) is 5.75 Å². The Labute approximate surface area is 170 Å². The van der Waals surface area contributed by atoms with Gasteiger partial charge in [0.15, 0.2) is 6.54 Å². The predicted molar refractivity (Wildman–Crippen MR) is 107 cm³/mol. The summed E-state index contributed by atoms with van der Waals surface area (Å²) in [4.78, 5) is 13.4. The number of piperazine rings is 1. The van der Waals surface area contributed by atoms with Gasteiger partial charge in [0.25, 0.3) is 5.91 Å². The molecule has 29 heavy (non-hydrogen) atoms. The SMILES string of the molecule is COc1ccc(S(=O)(=O)N2CC[NH+](CC(=O)Nc3ccc(C)c(F)c3)CC2)cc1. The van der Waals surface area contributed by atoms with Gasteiger partial charge in [-0.2, -0.15) is 4.31 Å². The van der Waals surface area contributed by atoms with Gasteiger partial charge in [-0.1, -0.05) is 6.07 Å². The number of halogens is 1. The molecule has 0 spiro atoms. The number of ether oxygens (including phenoxy) is 1. The lowest BCUT2D eigenvalue weighted by Gasteiger charge is -2.31. The Kier molecular flexibility index (Phi) is 6.51. The molecule has 0 aromatic heterocycles. The number of nitrogens with zero attached hydrogens (tertiary/aromatic N) is 1. The Morgan fingerprint density at radius 2 is 1.83 bits per heavy atom. The highest BCUT2D eigenvalue weighted by Gasteiger charge is 2.31. The predicted octanol–water partition coefficient (Wildman–Crippen LogP) is 0.671. The minimum Gasteiger partial charge on any atom is -0.497 e. The second-order valence-electron chi connectivity index (χ2n) is 7.02. The summed E-state index contributed by atoms with van der Waals surface area (Å²) in [5.74, 6) is -0.0000940. The van der Waals surface area contributed by atoms with Crippen molar-refractivity contribution in [3.63, 3.8) is 0 Å². The third-order valence-corrected chi connectivity index (χ3v) is 6.91. The number of nitrogens with one attached hydrogen (secondary N) is 2. The Hall–Kier alpha value is -2.49. The number of benzene rings is 2. The lowest BCUT2D eigenvalue weighted by molar-refractivity contribution is -0.895. The molecule has 2 N–H and O–H groups in total. The van der Waals surface area contributed by atoms with Crippen molar-refractivity contribution >= 4 is 21.6 Å². The van der Waals surface area contributed by atoms with Crippen molar-refractivity contribution in [2.45, 2.75) is 11.8 Å². The Balaban J connectivity index is 1.54. The molecule has 3 rings (SSSR count). The molecule has 0 saturated carbocycles. The average Bonchev–Trinajstić information content (AvgIpc) is 2.71. The van der Waals surface area contributed by atoms with Gasteiger partial charge in [0.2, 0.25) is 10.0 Å².